The standard InChI is InChI=1S/C10H22O2/c1-5-6-7-8-9-11-12-10(2,3)4/h5-9H2,1-4H3. The predicted molar refractivity (Wildman–Crippen MR) is 50.9 cm³/mol. The van der Waals surface area contributed by atoms with E-state index in [4.69, 9.17) is 9.78 Å². The number of hydrogen-bond acceptors (Lipinski definition) is 2. The van der Waals surface area contributed by atoms with Gasteiger partial charge in [-0.15, -0.1) is 0 Å². The number of rotatable bonds is 6. The van der Waals surface area contributed by atoms with E-state index in [9.17, 15) is 0 Å². The number of hydrogen-bond donors (Lipinski definition) is 0. The van der Waals surface area contributed by atoms with Crippen molar-refractivity contribution >= 4 is 0 Å². The third-order valence-electron chi connectivity index (χ3n) is 1.39. The van der Waals surface area contributed by atoms with Crippen molar-refractivity contribution in [3.8, 4) is 0 Å². The van der Waals surface area contributed by atoms with Crippen LogP contribution in [0.3, 0.4) is 0 Å². The molecule has 0 unspecified atom stereocenters. The molecule has 2 heteroatoms. The second-order valence-electron chi connectivity index (χ2n) is 4.08. The zero-order valence-electron chi connectivity index (χ0n) is 8.85. The minimum atomic E-state index is -0.176. The first kappa shape index (κ1) is 11.9. The normalized spacial score (nSPS) is 12.0. The molecule has 0 aliphatic rings. The molecule has 0 bridgehead atoms. The van der Waals surface area contributed by atoms with Crippen LogP contribution in [0, 0.1) is 0 Å². The molecule has 0 heterocycles. The summed E-state index contributed by atoms with van der Waals surface area (Å²) in [6.07, 6.45) is 4.90. The molecule has 0 aromatic heterocycles. The van der Waals surface area contributed by atoms with E-state index in [0.717, 1.165) is 13.0 Å². The zero-order valence-corrected chi connectivity index (χ0v) is 8.85. The van der Waals surface area contributed by atoms with Gasteiger partial charge in [-0.1, -0.05) is 26.2 Å². The summed E-state index contributed by atoms with van der Waals surface area (Å²) in [6.45, 7) is 8.88. The summed E-state index contributed by atoms with van der Waals surface area (Å²) >= 11 is 0. The second-order valence-corrected chi connectivity index (χ2v) is 4.08. The molecule has 0 aromatic carbocycles. The molecule has 0 fully saturated rings. The van der Waals surface area contributed by atoms with E-state index in [0.29, 0.717) is 0 Å². The third kappa shape index (κ3) is 9.92. The molecule has 12 heavy (non-hydrogen) atoms. The van der Waals surface area contributed by atoms with E-state index in [1.807, 2.05) is 20.8 Å². The Balaban J connectivity index is 3.01. The summed E-state index contributed by atoms with van der Waals surface area (Å²) in [7, 11) is 0. The first-order valence-electron chi connectivity index (χ1n) is 4.87. The fourth-order valence-electron chi connectivity index (χ4n) is 0.806. The maximum Gasteiger partial charge on any atom is 0.0952 e. The second kappa shape index (κ2) is 6.44. The molecule has 0 amide bonds. The Hall–Kier alpha value is -0.0800. The highest BCUT2D eigenvalue weighted by molar-refractivity contribution is 4.54. The van der Waals surface area contributed by atoms with Gasteiger partial charge in [0.05, 0.1) is 12.2 Å². The number of unbranched alkanes of at least 4 members (excludes halogenated alkanes) is 3. The van der Waals surface area contributed by atoms with E-state index in [1.54, 1.807) is 0 Å². The van der Waals surface area contributed by atoms with E-state index in [-0.39, 0.29) is 5.60 Å². The van der Waals surface area contributed by atoms with Crippen molar-refractivity contribution in [3.05, 3.63) is 0 Å². The summed E-state index contributed by atoms with van der Waals surface area (Å²) < 4.78 is 0. The van der Waals surface area contributed by atoms with Crippen LogP contribution in [0.4, 0.5) is 0 Å². The van der Waals surface area contributed by atoms with Gasteiger partial charge in [0.1, 0.15) is 0 Å². The van der Waals surface area contributed by atoms with Crippen LogP contribution in [0.15, 0.2) is 0 Å². The molecule has 0 saturated heterocycles. The fraction of sp³-hybridized carbons (Fsp3) is 1.00. The molecule has 0 aliphatic heterocycles. The van der Waals surface area contributed by atoms with Crippen LogP contribution in [-0.4, -0.2) is 12.2 Å². The van der Waals surface area contributed by atoms with Crippen molar-refractivity contribution in [1.29, 1.82) is 0 Å². The van der Waals surface area contributed by atoms with Gasteiger partial charge in [-0.25, -0.2) is 9.78 Å². The lowest BCUT2D eigenvalue weighted by Gasteiger charge is -2.17. The molecule has 0 atom stereocenters. The zero-order chi connectivity index (χ0) is 9.45. The molecule has 0 rings (SSSR count). The van der Waals surface area contributed by atoms with Gasteiger partial charge >= 0.3 is 0 Å². The van der Waals surface area contributed by atoms with Gasteiger partial charge in [-0.2, -0.15) is 0 Å². The Morgan fingerprint density at radius 3 is 2.17 bits per heavy atom. The molecule has 0 spiro atoms. The predicted octanol–water partition coefficient (Wildman–Crippen LogP) is 3.31. The largest absolute Gasteiger partial charge is 0.236 e. The van der Waals surface area contributed by atoms with Gasteiger partial charge < -0.3 is 0 Å². The maximum absolute atomic E-state index is 5.11. The summed E-state index contributed by atoms with van der Waals surface area (Å²) in [5.41, 5.74) is -0.176. The maximum atomic E-state index is 5.11. The average Bonchev–Trinajstić information content (AvgIpc) is 1.94. The fourth-order valence-corrected chi connectivity index (χ4v) is 0.806. The smallest absolute Gasteiger partial charge is 0.0952 e. The first-order chi connectivity index (χ1) is 5.56. The van der Waals surface area contributed by atoms with Crippen molar-refractivity contribution in [1.82, 2.24) is 0 Å². The van der Waals surface area contributed by atoms with Crippen LogP contribution in [0.5, 0.6) is 0 Å². The Labute approximate surface area is 76.2 Å². The van der Waals surface area contributed by atoms with E-state index in [2.05, 4.69) is 6.92 Å². The lowest BCUT2D eigenvalue weighted by Crippen LogP contribution is -2.19. The molecule has 74 valence electrons. The van der Waals surface area contributed by atoms with Crippen molar-refractivity contribution in [2.75, 3.05) is 6.61 Å². The summed E-state index contributed by atoms with van der Waals surface area (Å²) in [4.78, 5) is 10.2. The van der Waals surface area contributed by atoms with Crippen LogP contribution in [0.2, 0.25) is 0 Å². The van der Waals surface area contributed by atoms with E-state index in [1.165, 1.54) is 19.3 Å². The Kier molecular flexibility index (Phi) is 6.39. The van der Waals surface area contributed by atoms with Crippen molar-refractivity contribution in [3.63, 3.8) is 0 Å². The molecule has 0 saturated carbocycles. The molecule has 0 radical (unpaired) electrons. The summed E-state index contributed by atoms with van der Waals surface area (Å²) in [6, 6.07) is 0. The molecular formula is C10H22O2. The van der Waals surface area contributed by atoms with Gasteiger partial charge in [0.2, 0.25) is 0 Å². The van der Waals surface area contributed by atoms with Crippen LogP contribution >= 0.6 is 0 Å². The van der Waals surface area contributed by atoms with Gasteiger partial charge in [0.15, 0.2) is 0 Å². The Morgan fingerprint density at radius 1 is 1.00 bits per heavy atom. The highest BCUT2D eigenvalue weighted by Crippen LogP contribution is 2.07. The molecule has 2 nitrogen and oxygen atoms in total. The van der Waals surface area contributed by atoms with Gasteiger partial charge in [0, 0.05) is 0 Å². The van der Waals surface area contributed by atoms with E-state index < -0.39 is 0 Å². The lowest BCUT2D eigenvalue weighted by molar-refractivity contribution is -0.348. The highest BCUT2D eigenvalue weighted by atomic mass is 17.2. The van der Waals surface area contributed by atoms with Crippen molar-refractivity contribution < 1.29 is 9.78 Å². The van der Waals surface area contributed by atoms with Crippen LogP contribution in [0.25, 0.3) is 0 Å². The summed E-state index contributed by atoms with van der Waals surface area (Å²) in [5.74, 6) is 0. The van der Waals surface area contributed by atoms with Gasteiger partial charge in [0.25, 0.3) is 0 Å². The van der Waals surface area contributed by atoms with Crippen LogP contribution < -0.4 is 0 Å². The topological polar surface area (TPSA) is 18.5 Å². The van der Waals surface area contributed by atoms with Crippen LogP contribution in [0.1, 0.15) is 53.4 Å². The summed E-state index contributed by atoms with van der Waals surface area (Å²) in [5, 5.41) is 0. The Bertz CT molecular complexity index is 94.5. The van der Waals surface area contributed by atoms with Gasteiger partial charge in [-0.05, 0) is 27.2 Å². The third-order valence-corrected chi connectivity index (χ3v) is 1.39. The molecular weight excluding hydrogens is 152 g/mol. The molecule has 0 aromatic rings. The minimum Gasteiger partial charge on any atom is -0.236 e. The van der Waals surface area contributed by atoms with Crippen molar-refractivity contribution in [2.45, 2.75) is 59.0 Å². The van der Waals surface area contributed by atoms with Gasteiger partial charge in [-0.3, -0.25) is 0 Å². The minimum absolute atomic E-state index is 0.176. The molecule has 0 N–H and O–H groups in total. The quantitative estimate of drug-likeness (QED) is 0.349. The lowest BCUT2D eigenvalue weighted by atomic mass is 10.2. The highest BCUT2D eigenvalue weighted by Gasteiger charge is 2.10. The first-order valence-corrected chi connectivity index (χ1v) is 4.87. The molecule has 0 aliphatic carbocycles. The SMILES string of the molecule is CCCCCCOOC(C)(C)C. The van der Waals surface area contributed by atoms with Crippen molar-refractivity contribution in [2.24, 2.45) is 0 Å². The Morgan fingerprint density at radius 2 is 1.67 bits per heavy atom. The monoisotopic (exact) mass is 174 g/mol. The van der Waals surface area contributed by atoms with E-state index >= 15 is 0 Å². The average molecular weight is 174 g/mol. The van der Waals surface area contributed by atoms with Crippen LogP contribution in [-0.2, 0) is 9.78 Å².